The Kier molecular flexibility index (Phi) is 4.59. The zero-order valence-electron chi connectivity index (χ0n) is 14.7. The van der Waals surface area contributed by atoms with Crippen LogP contribution in [0, 0.1) is 12.8 Å². The van der Waals surface area contributed by atoms with Gasteiger partial charge in [0.25, 0.3) is 0 Å². The summed E-state index contributed by atoms with van der Waals surface area (Å²) in [6.07, 6.45) is 2.64. The van der Waals surface area contributed by atoms with E-state index in [2.05, 4.69) is 55.6 Å². The zero-order chi connectivity index (χ0) is 17.3. The topological polar surface area (TPSA) is 41.5 Å². The van der Waals surface area contributed by atoms with Crippen LogP contribution in [0.3, 0.4) is 0 Å². The second kappa shape index (κ2) is 6.52. The van der Waals surface area contributed by atoms with Gasteiger partial charge in [-0.2, -0.15) is 5.10 Å². The van der Waals surface area contributed by atoms with Gasteiger partial charge >= 0.3 is 0 Å². The molecule has 1 fully saturated rings. The highest BCUT2D eigenvalue weighted by atomic mass is 32.1. The fourth-order valence-electron chi connectivity index (χ4n) is 2.84. The Balaban J connectivity index is 1.56. The van der Waals surface area contributed by atoms with Gasteiger partial charge in [-0.3, -0.25) is 4.79 Å². The van der Waals surface area contributed by atoms with Crippen LogP contribution in [-0.4, -0.2) is 12.1 Å². The van der Waals surface area contributed by atoms with Crippen LogP contribution < -0.4 is 5.43 Å². The molecule has 1 amide bonds. The molecule has 0 bridgehead atoms. The summed E-state index contributed by atoms with van der Waals surface area (Å²) in [7, 11) is 0. The Bertz CT molecular complexity index is 753. The Morgan fingerprint density at radius 3 is 2.54 bits per heavy atom. The third-order valence-corrected chi connectivity index (χ3v) is 5.54. The lowest BCUT2D eigenvalue weighted by Gasteiger charge is -2.19. The van der Waals surface area contributed by atoms with Gasteiger partial charge < -0.3 is 0 Å². The Labute approximate surface area is 147 Å². The van der Waals surface area contributed by atoms with Gasteiger partial charge in [-0.1, -0.05) is 45.0 Å². The molecular formula is C20H24N2OS. The minimum Gasteiger partial charge on any atom is -0.273 e. The Morgan fingerprint density at radius 1 is 1.25 bits per heavy atom. The lowest BCUT2D eigenvalue weighted by molar-refractivity contribution is -0.122. The van der Waals surface area contributed by atoms with E-state index in [9.17, 15) is 4.79 Å². The number of nitrogens with zero attached hydrogens (tertiary/aromatic N) is 1. The number of carbonyl (C=O) groups is 1. The number of rotatable bonds is 4. The molecule has 1 aliphatic carbocycles. The number of amides is 1. The van der Waals surface area contributed by atoms with Crippen molar-refractivity contribution in [3.8, 4) is 0 Å². The maximum atomic E-state index is 12.2. The lowest BCUT2D eigenvalue weighted by Crippen LogP contribution is -2.20. The molecule has 1 N–H and O–H groups in total. The molecule has 3 nitrogen and oxygen atoms in total. The van der Waals surface area contributed by atoms with Gasteiger partial charge in [0, 0.05) is 10.8 Å². The molecule has 1 saturated carbocycles. The van der Waals surface area contributed by atoms with E-state index < -0.39 is 0 Å². The first-order valence-electron chi connectivity index (χ1n) is 8.33. The van der Waals surface area contributed by atoms with E-state index in [0.717, 1.165) is 11.3 Å². The number of benzene rings is 1. The highest BCUT2D eigenvalue weighted by molar-refractivity contribution is 7.11. The predicted molar refractivity (Wildman–Crippen MR) is 101 cm³/mol. The number of aryl methyl sites for hydroxylation is 1. The average Bonchev–Trinajstić information content (AvgIpc) is 3.24. The second-order valence-electron chi connectivity index (χ2n) is 7.52. The van der Waals surface area contributed by atoms with E-state index in [1.165, 1.54) is 16.7 Å². The van der Waals surface area contributed by atoms with Gasteiger partial charge in [-0.05, 0) is 52.8 Å². The molecule has 1 heterocycles. The van der Waals surface area contributed by atoms with Gasteiger partial charge in [-0.15, -0.1) is 11.3 Å². The summed E-state index contributed by atoms with van der Waals surface area (Å²) in [5.74, 6) is 0.398. The number of hydrogen-bond donors (Lipinski definition) is 1. The van der Waals surface area contributed by atoms with Crippen molar-refractivity contribution >= 4 is 23.5 Å². The first-order valence-corrected chi connectivity index (χ1v) is 9.21. The SMILES string of the molecule is Cc1ccsc1/C=N/NC(=O)[C@@H]1C[C@H]1c1ccc(C(C)(C)C)cc1. The zero-order valence-corrected chi connectivity index (χ0v) is 15.5. The molecule has 24 heavy (non-hydrogen) atoms. The lowest BCUT2D eigenvalue weighted by atomic mass is 9.86. The van der Waals surface area contributed by atoms with Crippen LogP contribution in [0.2, 0.25) is 0 Å². The summed E-state index contributed by atoms with van der Waals surface area (Å²) in [6.45, 7) is 8.67. The van der Waals surface area contributed by atoms with Crippen LogP contribution in [0.5, 0.6) is 0 Å². The molecule has 0 aliphatic heterocycles. The molecule has 4 heteroatoms. The van der Waals surface area contributed by atoms with Crippen molar-refractivity contribution in [3.05, 3.63) is 57.3 Å². The molecule has 2 aromatic rings. The van der Waals surface area contributed by atoms with Crippen LogP contribution >= 0.6 is 11.3 Å². The van der Waals surface area contributed by atoms with Crippen LogP contribution in [0.4, 0.5) is 0 Å². The average molecular weight is 340 g/mol. The molecular weight excluding hydrogens is 316 g/mol. The first-order chi connectivity index (χ1) is 11.4. The van der Waals surface area contributed by atoms with Crippen LogP contribution in [0.1, 0.15) is 54.7 Å². The largest absolute Gasteiger partial charge is 0.273 e. The summed E-state index contributed by atoms with van der Waals surface area (Å²) in [5.41, 5.74) is 6.60. The van der Waals surface area contributed by atoms with E-state index in [1.807, 2.05) is 18.4 Å². The Hall–Kier alpha value is -1.94. The maximum absolute atomic E-state index is 12.2. The molecule has 0 unspecified atom stereocenters. The van der Waals surface area contributed by atoms with Crippen molar-refractivity contribution in [1.82, 2.24) is 5.43 Å². The minimum absolute atomic E-state index is 0.0188. The molecule has 1 aromatic carbocycles. The summed E-state index contributed by atoms with van der Waals surface area (Å²) in [6, 6.07) is 10.7. The fourth-order valence-corrected chi connectivity index (χ4v) is 3.62. The molecule has 126 valence electrons. The highest BCUT2D eigenvalue weighted by Gasteiger charge is 2.43. The van der Waals surface area contributed by atoms with E-state index in [4.69, 9.17) is 0 Å². The van der Waals surface area contributed by atoms with Crippen molar-refractivity contribution in [2.75, 3.05) is 0 Å². The number of hydrazone groups is 1. The summed E-state index contributed by atoms with van der Waals surface area (Å²) in [4.78, 5) is 13.3. The van der Waals surface area contributed by atoms with Gasteiger partial charge in [0.05, 0.1) is 6.21 Å². The molecule has 3 rings (SSSR count). The molecule has 1 aliphatic rings. The first kappa shape index (κ1) is 16.9. The maximum Gasteiger partial charge on any atom is 0.243 e. The van der Waals surface area contributed by atoms with Crippen LogP contribution in [-0.2, 0) is 10.2 Å². The molecule has 0 radical (unpaired) electrons. The fraction of sp³-hybridized carbons (Fsp3) is 0.400. The minimum atomic E-state index is 0.0188. The van der Waals surface area contributed by atoms with Gasteiger partial charge in [-0.25, -0.2) is 5.43 Å². The number of thiophene rings is 1. The predicted octanol–water partition coefficient (Wildman–Crippen LogP) is 4.61. The molecule has 2 atom stereocenters. The van der Waals surface area contributed by atoms with Gasteiger partial charge in [0.1, 0.15) is 0 Å². The molecule has 0 saturated heterocycles. The van der Waals surface area contributed by atoms with Crippen molar-refractivity contribution < 1.29 is 4.79 Å². The normalized spacial score (nSPS) is 20.3. The third-order valence-electron chi connectivity index (χ3n) is 4.59. The summed E-state index contributed by atoms with van der Waals surface area (Å²) in [5, 5.41) is 6.12. The van der Waals surface area contributed by atoms with Crippen molar-refractivity contribution in [1.29, 1.82) is 0 Å². The number of nitrogens with one attached hydrogen (secondary N) is 1. The van der Waals surface area contributed by atoms with Crippen molar-refractivity contribution in [2.24, 2.45) is 11.0 Å². The van der Waals surface area contributed by atoms with E-state index in [1.54, 1.807) is 17.6 Å². The Morgan fingerprint density at radius 2 is 1.96 bits per heavy atom. The van der Waals surface area contributed by atoms with E-state index in [-0.39, 0.29) is 17.2 Å². The quantitative estimate of drug-likeness (QED) is 0.641. The molecule has 0 spiro atoms. The third kappa shape index (κ3) is 3.75. The number of hydrogen-bond acceptors (Lipinski definition) is 3. The van der Waals surface area contributed by atoms with Crippen molar-refractivity contribution in [2.45, 2.75) is 45.4 Å². The summed E-state index contributed by atoms with van der Waals surface area (Å²) >= 11 is 1.63. The molecule has 1 aromatic heterocycles. The van der Waals surface area contributed by atoms with E-state index >= 15 is 0 Å². The number of carbonyl (C=O) groups excluding carboxylic acids is 1. The van der Waals surface area contributed by atoms with Gasteiger partial charge in [0.15, 0.2) is 0 Å². The monoisotopic (exact) mass is 340 g/mol. The smallest absolute Gasteiger partial charge is 0.243 e. The second-order valence-corrected chi connectivity index (χ2v) is 8.47. The van der Waals surface area contributed by atoms with Crippen LogP contribution in [0.15, 0.2) is 40.8 Å². The van der Waals surface area contributed by atoms with Gasteiger partial charge in [0.2, 0.25) is 5.91 Å². The van der Waals surface area contributed by atoms with E-state index in [0.29, 0.717) is 5.92 Å². The highest BCUT2D eigenvalue weighted by Crippen LogP contribution is 2.47. The summed E-state index contributed by atoms with van der Waals surface area (Å²) < 4.78 is 0. The van der Waals surface area contributed by atoms with Crippen LogP contribution in [0.25, 0.3) is 0 Å². The standard InChI is InChI=1S/C20H24N2OS/c1-13-9-10-24-18(13)12-21-22-19(23)17-11-16(17)14-5-7-15(8-6-14)20(2,3)4/h5-10,12,16-17H,11H2,1-4H3,(H,22,23)/b21-12+/t16-,17+/m0/s1. The van der Waals surface area contributed by atoms with Crippen molar-refractivity contribution in [3.63, 3.8) is 0 Å².